The van der Waals surface area contributed by atoms with Gasteiger partial charge in [0.25, 0.3) is 5.91 Å². The van der Waals surface area contributed by atoms with Crippen LogP contribution in [-0.2, 0) is 6.54 Å². The van der Waals surface area contributed by atoms with Crippen LogP contribution in [0.25, 0.3) is 0 Å². The van der Waals surface area contributed by atoms with Crippen molar-refractivity contribution in [3.8, 4) is 11.5 Å². The number of carbonyl (C=O) groups excluding carboxylic acids is 1. The minimum Gasteiger partial charge on any atom is -0.504 e. The molecule has 1 amide bonds. The maximum Gasteiger partial charge on any atom is 0.261 e. The van der Waals surface area contributed by atoms with Crippen LogP contribution in [0.4, 0.5) is 5.69 Å². The lowest BCUT2D eigenvalue weighted by molar-refractivity contribution is 0.0989. The van der Waals surface area contributed by atoms with E-state index in [-0.39, 0.29) is 11.3 Å². The lowest BCUT2D eigenvalue weighted by atomic mass is 10.1. The Hall–Kier alpha value is -2.53. The van der Waals surface area contributed by atoms with Crippen LogP contribution < -0.4 is 10.6 Å². The highest BCUT2D eigenvalue weighted by molar-refractivity contribution is 6.08. The van der Waals surface area contributed by atoms with Crippen molar-refractivity contribution >= 4 is 11.6 Å². The summed E-state index contributed by atoms with van der Waals surface area (Å²) in [6, 6.07) is 11.5. The first-order valence-corrected chi connectivity index (χ1v) is 6.13. The number of phenolic OH excluding ortho intramolecular Hbond substituents is 2. The summed E-state index contributed by atoms with van der Waals surface area (Å²) in [5.74, 6) is -1.16. The van der Waals surface area contributed by atoms with Gasteiger partial charge in [0.1, 0.15) is 0 Å². The molecule has 0 saturated heterocycles. The number of amides is 1. The molecule has 0 aromatic heterocycles. The summed E-state index contributed by atoms with van der Waals surface area (Å²) in [5, 5.41) is 19.2. The molecule has 0 aliphatic rings. The molecule has 0 fully saturated rings. The number of aromatic hydroxyl groups is 2. The molecule has 2 aromatic rings. The fraction of sp³-hybridized carbons (Fsp3) is 0.133. The first kappa shape index (κ1) is 13.9. The van der Waals surface area contributed by atoms with Crippen molar-refractivity contribution in [3.05, 3.63) is 53.6 Å². The van der Waals surface area contributed by atoms with Crippen LogP contribution in [0.2, 0.25) is 0 Å². The lowest BCUT2D eigenvalue weighted by Gasteiger charge is -2.20. The van der Waals surface area contributed by atoms with Crippen molar-refractivity contribution < 1.29 is 15.0 Å². The molecular formula is C15H16N2O3. The number of anilines is 1. The van der Waals surface area contributed by atoms with Crippen molar-refractivity contribution in [2.75, 3.05) is 11.9 Å². The topological polar surface area (TPSA) is 86.8 Å². The molecule has 0 radical (unpaired) electrons. The third-order valence-corrected chi connectivity index (χ3v) is 3.12. The van der Waals surface area contributed by atoms with Gasteiger partial charge in [-0.15, -0.1) is 0 Å². The van der Waals surface area contributed by atoms with Crippen LogP contribution >= 0.6 is 0 Å². The van der Waals surface area contributed by atoms with Gasteiger partial charge >= 0.3 is 0 Å². The number of hydrogen-bond donors (Lipinski definition) is 3. The molecule has 2 rings (SSSR count). The van der Waals surface area contributed by atoms with E-state index in [1.165, 1.54) is 23.1 Å². The molecule has 0 aliphatic carbocycles. The van der Waals surface area contributed by atoms with Crippen LogP contribution in [0.3, 0.4) is 0 Å². The van der Waals surface area contributed by atoms with E-state index in [2.05, 4.69) is 0 Å². The van der Waals surface area contributed by atoms with E-state index in [4.69, 9.17) is 5.73 Å². The van der Waals surface area contributed by atoms with Gasteiger partial charge in [0, 0.05) is 19.3 Å². The number of phenols is 2. The number of carbonyl (C=O) groups is 1. The average Bonchev–Trinajstić information content (AvgIpc) is 2.48. The normalized spacial score (nSPS) is 10.3. The van der Waals surface area contributed by atoms with Crippen molar-refractivity contribution in [2.24, 2.45) is 5.73 Å². The Kier molecular flexibility index (Phi) is 3.91. The van der Waals surface area contributed by atoms with Gasteiger partial charge in [0.2, 0.25) is 0 Å². The number of hydrogen-bond acceptors (Lipinski definition) is 4. The van der Waals surface area contributed by atoms with E-state index >= 15 is 0 Å². The molecule has 5 heteroatoms. The highest BCUT2D eigenvalue weighted by Crippen LogP contribution is 2.30. The molecule has 0 bridgehead atoms. The molecule has 5 nitrogen and oxygen atoms in total. The summed E-state index contributed by atoms with van der Waals surface area (Å²) in [6.07, 6.45) is 0. The second-order valence-electron chi connectivity index (χ2n) is 4.37. The Labute approximate surface area is 116 Å². The molecule has 20 heavy (non-hydrogen) atoms. The predicted molar refractivity (Wildman–Crippen MR) is 76.8 cm³/mol. The van der Waals surface area contributed by atoms with Crippen molar-refractivity contribution in [3.63, 3.8) is 0 Å². The summed E-state index contributed by atoms with van der Waals surface area (Å²) in [4.78, 5) is 13.8. The Morgan fingerprint density at radius 1 is 1.15 bits per heavy atom. The highest BCUT2D eigenvalue weighted by atomic mass is 16.3. The molecule has 0 heterocycles. The summed E-state index contributed by atoms with van der Waals surface area (Å²) < 4.78 is 0. The van der Waals surface area contributed by atoms with E-state index in [1.54, 1.807) is 19.2 Å². The van der Waals surface area contributed by atoms with Crippen LogP contribution in [0.5, 0.6) is 11.5 Å². The highest BCUT2D eigenvalue weighted by Gasteiger charge is 2.20. The van der Waals surface area contributed by atoms with Gasteiger partial charge in [-0.3, -0.25) is 4.79 Å². The smallest absolute Gasteiger partial charge is 0.261 e. The average molecular weight is 272 g/mol. The van der Waals surface area contributed by atoms with Crippen LogP contribution in [0.15, 0.2) is 42.5 Å². The second kappa shape index (κ2) is 5.63. The van der Waals surface area contributed by atoms with Gasteiger partial charge in [-0.1, -0.05) is 24.3 Å². The number of nitrogens with zero attached hydrogens (tertiary/aromatic N) is 1. The van der Waals surface area contributed by atoms with Crippen molar-refractivity contribution in [2.45, 2.75) is 6.54 Å². The van der Waals surface area contributed by atoms with Gasteiger partial charge in [0.15, 0.2) is 11.5 Å². The zero-order valence-electron chi connectivity index (χ0n) is 11.1. The van der Waals surface area contributed by atoms with Crippen molar-refractivity contribution in [1.29, 1.82) is 0 Å². The summed E-state index contributed by atoms with van der Waals surface area (Å²) in [5.41, 5.74) is 7.19. The van der Waals surface area contributed by atoms with E-state index in [1.807, 2.05) is 12.1 Å². The molecule has 0 atom stereocenters. The van der Waals surface area contributed by atoms with E-state index < -0.39 is 11.7 Å². The minimum absolute atomic E-state index is 0.0410. The largest absolute Gasteiger partial charge is 0.504 e. The summed E-state index contributed by atoms with van der Waals surface area (Å²) in [7, 11) is 1.60. The van der Waals surface area contributed by atoms with Gasteiger partial charge in [-0.2, -0.15) is 0 Å². The molecule has 104 valence electrons. The third-order valence-electron chi connectivity index (χ3n) is 3.12. The summed E-state index contributed by atoms with van der Waals surface area (Å²) in [6.45, 7) is 0.305. The number of benzene rings is 2. The van der Waals surface area contributed by atoms with Gasteiger partial charge in [0.05, 0.1) is 5.56 Å². The van der Waals surface area contributed by atoms with E-state index in [9.17, 15) is 15.0 Å². The second-order valence-corrected chi connectivity index (χ2v) is 4.37. The maximum absolute atomic E-state index is 12.4. The number of rotatable bonds is 3. The molecule has 2 aromatic carbocycles. The van der Waals surface area contributed by atoms with E-state index in [0.29, 0.717) is 12.2 Å². The summed E-state index contributed by atoms with van der Waals surface area (Å²) >= 11 is 0. The van der Waals surface area contributed by atoms with Crippen LogP contribution in [-0.4, -0.2) is 23.2 Å². The Morgan fingerprint density at radius 3 is 2.55 bits per heavy atom. The molecule has 4 N–H and O–H groups in total. The van der Waals surface area contributed by atoms with Crippen LogP contribution in [0.1, 0.15) is 15.9 Å². The van der Waals surface area contributed by atoms with Gasteiger partial charge in [-0.25, -0.2) is 0 Å². The first-order chi connectivity index (χ1) is 9.56. The molecule has 0 aliphatic heterocycles. The van der Waals surface area contributed by atoms with E-state index in [0.717, 1.165) is 5.56 Å². The zero-order valence-corrected chi connectivity index (χ0v) is 11.1. The quantitative estimate of drug-likeness (QED) is 0.744. The van der Waals surface area contributed by atoms with Gasteiger partial charge < -0.3 is 20.8 Å². The Balaban J connectivity index is 2.40. The first-order valence-electron chi connectivity index (χ1n) is 6.13. The third kappa shape index (κ3) is 2.44. The molecular weight excluding hydrogens is 256 g/mol. The standard InChI is InChI=1S/C15H16N2O3/c1-17(12-7-3-2-5-10(12)9-16)15(20)11-6-4-8-13(18)14(11)19/h2-8,18-19H,9,16H2,1H3. The number of para-hydroxylation sites is 2. The monoisotopic (exact) mass is 272 g/mol. The SMILES string of the molecule is CN(C(=O)c1cccc(O)c1O)c1ccccc1CN. The Bertz CT molecular complexity index is 641. The fourth-order valence-electron chi connectivity index (χ4n) is 2.00. The minimum atomic E-state index is -0.422. The van der Waals surface area contributed by atoms with Crippen molar-refractivity contribution in [1.82, 2.24) is 0 Å². The van der Waals surface area contributed by atoms with Crippen LogP contribution in [0, 0.1) is 0 Å². The predicted octanol–water partition coefficient (Wildman–Crippen LogP) is 1.83. The maximum atomic E-state index is 12.4. The molecule has 0 saturated carbocycles. The number of nitrogens with two attached hydrogens (primary N) is 1. The Morgan fingerprint density at radius 2 is 1.85 bits per heavy atom. The zero-order chi connectivity index (χ0) is 14.7. The lowest BCUT2D eigenvalue weighted by Crippen LogP contribution is -2.27. The fourth-order valence-corrected chi connectivity index (χ4v) is 2.00. The van der Waals surface area contributed by atoms with Gasteiger partial charge in [-0.05, 0) is 23.8 Å². The molecule has 0 unspecified atom stereocenters. The molecule has 0 spiro atoms.